The van der Waals surface area contributed by atoms with Gasteiger partial charge in [-0.3, -0.25) is 4.79 Å². The number of aromatic nitrogens is 3. The molecule has 0 aliphatic carbocycles. The van der Waals surface area contributed by atoms with Crippen LogP contribution in [0.2, 0.25) is 0 Å². The molecular formula is C19H19N5O3S. The quantitative estimate of drug-likeness (QED) is 0.504. The fraction of sp³-hybridized carbons (Fsp3) is 0.211. The van der Waals surface area contributed by atoms with Crippen LogP contribution in [0.1, 0.15) is 12.5 Å². The molecule has 4 rings (SSSR count). The number of hydrogen-bond acceptors (Lipinski definition) is 7. The molecule has 144 valence electrons. The second-order valence-corrected chi connectivity index (χ2v) is 7.62. The van der Waals surface area contributed by atoms with Crippen molar-refractivity contribution < 1.29 is 14.3 Å². The lowest BCUT2D eigenvalue weighted by Gasteiger charge is -2.12. The van der Waals surface area contributed by atoms with Crippen LogP contribution in [-0.4, -0.2) is 32.8 Å². The maximum absolute atomic E-state index is 12.6. The number of carbonyl (C=O) groups is 1. The average molecular weight is 397 g/mol. The monoisotopic (exact) mass is 397 g/mol. The van der Waals surface area contributed by atoms with Crippen molar-refractivity contribution in [3.8, 4) is 22.9 Å². The van der Waals surface area contributed by atoms with E-state index in [4.69, 9.17) is 15.3 Å². The molecule has 1 amide bonds. The molecule has 1 atom stereocenters. The smallest absolute Gasteiger partial charge is 0.237 e. The van der Waals surface area contributed by atoms with E-state index in [0.29, 0.717) is 28.2 Å². The van der Waals surface area contributed by atoms with Crippen LogP contribution < -0.4 is 20.6 Å². The summed E-state index contributed by atoms with van der Waals surface area (Å²) >= 11 is 1.24. The molecule has 0 saturated heterocycles. The van der Waals surface area contributed by atoms with Crippen molar-refractivity contribution in [1.82, 2.24) is 14.9 Å². The number of amides is 1. The lowest BCUT2D eigenvalue weighted by atomic mass is 10.1. The molecule has 1 aliphatic heterocycles. The summed E-state index contributed by atoms with van der Waals surface area (Å²) in [5, 5.41) is 11.2. The summed E-state index contributed by atoms with van der Waals surface area (Å²) in [6, 6.07) is 13.1. The van der Waals surface area contributed by atoms with Gasteiger partial charge in [0.2, 0.25) is 17.9 Å². The zero-order valence-corrected chi connectivity index (χ0v) is 16.2. The van der Waals surface area contributed by atoms with Gasteiger partial charge in [0.25, 0.3) is 0 Å². The third-order valence-electron chi connectivity index (χ3n) is 4.34. The summed E-state index contributed by atoms with van der Waals surface area (Å²) in [5.74, 6) is 7.84. The third kappa shape index (κ3) is 3.48. The molecule has 8 nitrogen and oxygen atoms in total. The van der Waals surface area contributed by atoms with Crippen LogP contribution in [0.5, 0.6) is 11.5 Å². The van der Waals surface area contributed by atoms with Gasteiger partial charge in [-0.05, 0) is 31.5 Å². The van der Waals surface area contributed by atoms with Crippen LogP contribution in [0.4, 0.5) is 5.69 Å². The second kappa shape index (κ2) is 7.43. The molecule has 3 aromatic rings. The SMILES string of the molecule is Cc1ccccc1-c1nnc(S[C@H](C)C(=O)Nc2ccc3c(c2)OCO3)n1N. The molecule has 3 N–H and O–H groups in total. The number of carbonyl (C=O) groups excluding carboxylic acids is 1. The van der Waals surface area contributed by atoms with Gasteiger partial charge in [-0.1, -0.05) is 36.0 Å². The van der Waals surface area contributed by atoms with Crippen LogP contribution in [-0.2, 0) is 4.79 Å². The molecule has 0 radical (unpaired) electrons. The molecule has 0 saturated carbocycles. The molecule has 1 aromatic heterocycles. The zero-order chi connectivity index (χ0) is 19.7. The van der Waals surface area contributed by atoms with Gasteiger partial charge in [-0.2, -0.15) is 0 Å². The number of fused-ring (bicyclic) bond motifs is 1. The predicted molar refractivity (Wildman–Crippen MR) is 107 cm³/mol. The fourth-order valence-corrected chi connectivity index (χ4v) is 3.56. The van der Waals surface area contributed by atoms with E-state index in [1.807, 2.05) is 31.2 Å². The van der Waals surface area contributed by atoms with Crippen molar-refractivity contribution in [3.63, 3.8) is 0 Å². The Kier molecular flexibility index (Phi) is 4.82. The van der Waals surface area contributed by atoms with Crippen molar-refractivity contribution >= 4 is 23.4 Å². The molecule has 1 aliphatic rings. The van der Waals surface area contributed by atoms with E-state index < -0.39 is 5.25 Å². The van der Waals surface area contributed by atoms with Gasteiger partial charge in [0.1, 0.15) is 0 Å². The van der Waals surface area contributed by atoms with Gasteiger partial charge in [0.15, 0.2) is 17.3 Å². The van der Waals surface area contributed by atoms with E-state index >= 15 is 0 Å². The largest absolute Gasteiger partial charge is 0.454 e. The lowest BCUT2D eigenvalue weighted by molar-refractivity contribution is -0.115. The van der Waals surface area contributed by atoms with Crippen molar-refractivity contribution in [3.05, 3.63) is 48.0 Å². The number of ether oxygens (including phenoxy) is 2. The van der Waals surface area contributed by atoms with Crippen LogP contribution in [0.15, 0.2) is 47.6 Å². The standard InChI is InChI=1S/C19H19N5O3S/c1-11-5-3-4-6-14(11)17-22-23-19(24(17)20)28-12(2)18(25)21-13-7-8-15-16(9-13)27-10-26-15/h3-9,12H,10,20H2,1-2H3,(H,21,25)/t12-/m1/s1. The fourth-order valence-electron chi connectivity index (χ4n) is 2.79. The normalized spacial score (nSPS) is 13.4. The summed E-state index contributed by atoms with van der Waals surface area (Å²) in [5.41, 5.74) is 2.59. The topological polar surface area (TPSA) is 104 Å². The van der Waals surface area contributed by atoms with Gasteiger partial charge in [-0.15, -0.1) is 10.2 Å². The highest BCUT2D eigenvalue weighted by atomic mass is 32.2. The first kappa shape index (κ1) is 18.2. The first-order chi connectivity index (χ1) is 13.5. The maximum atomic E-state index is 12.6. The molecule has 2 heterocycles. The van der Waals surface area contributed by atoms with Gasteiger partial charge in [0.05, 0.1) is 5.25 Å². The second-order valence-electron chi connectivity index (χ2n) is 6.31. The summed E-state index contributed by atoms with van der Waals surface area (Å²) in [6.45, 7) is 3.96. The highest BCUT2D eigenvalue weighted by Crippen LogP contribution is 2.34. The number of nitrogens with one attached hydrogen (secondary N) is 1. The third-order valence-corrected chi connectivity index (χ3v) is 5.40. The van der Waals surface area contributed by atoms with E-state index in [9.17, 15) is 4.79 Å². The van der Waals surface area contributed by atoms with Crippen LogP contribution in [0.3, 0.4) is 0 Å². The number of thioether (sulfide) groups is 1. The minimum Gasteiger partial charge on any atom is -0.454 e. The Morgan fingerprint density at radius 2 is 2.00 bits per heavy atom. The van der Waals surface area contributed by atoms with E-state index in [0.717, 1.165) is 11.1 Å². The number of hydrogen-bond donors (Lipinski definition) is 2. The number of nitrogen functional groups attached to an aromatic ring is 1. The van der Waals surface area contributed by atoms with Crippen LogP contribution in [0.25, 0.3) is 11.4 Å². The summed E-state index contributed by atoms with van der Waals surface area (Å²) in [6.07, 6.45) is 0. The summed E-state index contributed by atoms with van der Waals surface area (Å²) in [4.78, 5) is 12.6. The summed E-state index contributed by atoms with van der Waals surface area (Å²) < 4.78 is 12.0. The Balaban J connectivity index is 1.46. The highest BCUT2D eigenvalue weighted by Gasteiger charge is 2.21. The number of aryl methyl sites for hydroxylation is 1. The Morgan fingerprint density at radius 1 is 1.21 bits per heavy atom. The average Bonchev–Trinajstić information content (AvgIpc) is 3.29. The molecular weight excluding hydrogens is 378 g/mol. The van der Waals surface area contributed by atoms with Crippen molar-refractivity contribution in [2.75, 3.05) is 18.0 Å². The van der Waals surface area contributed by atoms with Crippen molar-refractivity contribution in [1.29, 1.82) is 0 Å². The van der Waals surface area contributed by atoms with Gasteiger partial charge < -0.3 is 20.6 Å². The first-order valence-corrected chi connectivity index (χ1v) is 9.54. The zero-order valence-electron chi connectivity index (χ0n) is 15.4. The van der Waals surface area contributed by atoms with E-state index in [1.54, 1.807) is 25.1 Å². The number of rotatable bonds is 5. The van der Waals surface area contributed by atoms with Gasteiger partial charge in [0, 0.05) is 17.3 Å². The van der Waals surface area contributed by atoms with Crippen molar-refractivity contribution in [2.24, 2.45) is 0 Å². The van der Waals surface area contributed by atoms with Gasteiger partial charge in [-0.25, -0.2) is 4.68 Å². The number of anilines is 1. The number of benzene rings is 2. The Hall–Kier alpha value is -3.20. The molecule has 0 fully saturated rings. The van der Waals surface area contributed by atoms with Crippen LogP contribution in [0, 0.1) is 6.92 Å². The maximum Gasteiger partial charge on any atom is 0.237 e. The minimum absolute atomic E-state index is 0.177. The number of nitrogens with zero attached hydrogens (tertiary/aromatic N) is 3. The highest BCUT2D eigenvalue weighted by molar-refractivity contribution is 8.00. The summed E-state index contributed by atoms with van der Waals surface area (Å²) in [7, 11) is 0. The molecule has 0 unspecified atom stereocenters. The lowest BCUT2D eigenvalue weighted by Crippen LogP contribution is -2.23. The molecule has 2 aromatic carbocycles. The van der Waals surface area contributed by atoms with Gasteiger partial charge >= 0.3 is 0 Å². The van der Waals surface area contributed by atoms with E-state index in [-0.39, 0.29) is 12.7 Å². The predicted octanol–water partition coefficient (Wildman–Crippen LogP) is 2.82. The van der Waals surface area contributed by atoms with E-state index in [1.165, 1.54) is 16.4 Å². The molecule has 28 heavy (non-hydrogen) atoms. The Morgan fingerprint density at radius 3 is 2.82 bits per heavy atom. The Labute approximate surface area is 166 Å². The molecule has 0 bridgehead atoms. The number of nitrogens with two attached hydrogens (primary N) is 1. The Bertz CT molecular complexity index is 1040. The first-order valence-electron chi connectivity index (χ1n) is 8.66. The molecule has 0 spiro atoms. The van der Waals surface area contributed by atoms with E-state index in [2.05, 4.69) is 15.5 Å². The van der Waals surface area contributed by atoms with Crippen LogP contribution >= 0.6 is 11.8 Å². The van der Waals surface area contributed by atoms with Crippen molar-refractivity contribution in [2.45, 2.75) is 24.3 Å². The molecule has 9 heteroatoms. The minimum atomic E-state index is -0.429.